The number of carbonyl (C=O) groups is 1. The van der Waals surface area contributed by atoms with Gasteiger partial charge in [-0.1, -0.05) is 0 Å². The lowest BCUT2D eigenvalue weighted by molar-refractivity contribution is -0.142. The second-order valence-corrected chi connectivity index (χ2v) is 4.47. The summed E-state index contributed by atoms with van der Waals surface area (Å²) < 4.78 is 10.5. The topological polar surface area (TPSA) is 38.8 Å². The summed E-state index contributed by atoms with van der Waals surface area (Å²) in [5.74, 6) is -0.105. The highest BCUT2D eigenvalue weighted by Crippen LogP contribution is 2.17. The molecule has 0 bridgehead atoms. The molecule has 2 fully saturated rings. The highest BCUT2D eigenvalue weighted by molar-refractivity contribution is 5.74. The largest absolute Gasteiger partial charge is 0.465 e. The van der Waals surface area contributed by atoms with Gasteiger partial charge in [-0.3, -0.25) is 4.79 Å². The number of carbonyl (C=O) groups excluding carboxylic acids is 1. The molecule has 0 radical (unpaired) electrons. The molecule has 0 aromatic carbocycles. The highest BCUT2D eigenvalue weighted by atomic mass is 16.5. The molecule has 0 aromatic heterocycles. The minimum atomic E-state index is -0.0882. The lowest BCUT2D eigenvalue weighted by Crippen LogP contribution is -2.30. The van der Waals surface area contributed by atoms with Crippen molar-refractivity contribution < 1.29 is 14.3 Å². The number of ether oxygens (including phenoxy) is 2. The molecule has 0 amide bonds. The van der Waals surface area contributed by atoms with Crippen LogP contribution in [0.25, 0.3) is 0 Å². The molecule has 4 heteroatoms. The number of rotatable bonds is 4. The molecule has 2 unspecified atom stereocenters. The van der Waals surface area contributed by atoms with Crippen molar-refractivity contribution in [1.82, 2.24) is 4.90 Å². The average Bonchev–Trinajstić information content (AvgIpc) is 2.78. The van der Waals surface area contributed by atoms with Crippen molar-refractivity contribution in [3.63, 3.8) is 0 Å². The van der Waals surface area contributed by atoms with Gasteiger partial charge in [-0.15, -0.1) is 0 Å². The number of cyclic esters (lactones) is 1. The van der Waals surface area contributed by atoms with Gasteiger partial charge in [0.15, 0.2) is 0 Å². The number of nitrogens with zero attached hydrogens (tertiary/aromatic N) is 1. The van der Waals surface area contributed by atoms with Gasteiger partial charge in [0.25, 0.3) is 0 Å². The van der Waals surface area contributed by atoms with Crippen LogP contribution in [0.4, 0.5) is 0 Å². The molecule has 2 aliphatic heterocycles. The normalized spacial score (nSPS) is 32.2. The summed E-state index contributed by atoms with van der Waals surface area (Å²) in [5.41, 5.74) is 0. The molecule has 0 aromatic rings. The smallest absolute Gasteiger partial charge is 0.311 e. The summed E-state index contributed by atoms with van der Waals surface area (Å²) in [5, 5.41) is 0. The van der Waals surface area contributed by atoms with E-state index in [-0.39, 0.29) is 11.9 Å². The van der Waals surface area contributed by atoms with Crippen molar-refractivity contribution in [2.75, 3.05) is 33.4 Å². The number of hydrogen-bond donors (Lipinski definition) is 0. The van der Waals surface area contributed by atoms with Crippen LogP contribution in [-0.2, 0) is 14.3 Å². The first-order chi connectivity index (χ1) is 7.27. The Labute approximate surface area is 90.5 Å². The predicted molar refractivity (Wildman–Crippen MR) is 55.5 cm³/mol. The maximum absolute atomic E-state index is 11.2. The molecule has 0 spiro atoms. The van der Waals surface area contributed by atoms with Crippen LogP contribution >= 0.6 is 0 Å². The molecule has 0 saturated carbocycles. The lowest BCUT2D eigenvalue weighted by Gasteiger charge is -2.19. The zero-order valence-corrected chi connectivity index (χ0v) is 9.28. The van der Waals surface area contributed by atoms with E-state index >= 15 is 0 Å². The second-order valence-electron chi connectivity index (χ2n) is 4.47. The number of hydrogen-bond acceptors (Lipinski definition) is 4. The maximum atomic E-state index is 11.2. The van der Waals surface area contributed by atoms with Crippen LogP contribution in [0.3, 0.4) is 0 Å². The van der Waals surface area contributed by atoms with Gasteiger partial charge in [-0.05, 0) is 32.9 Å². The Morgan fingerprint density at radius 1 is 1.47 bits per heavy atom. The van der Waals surface area contributed by atoms with Crippen molar-refractivity contribution in [1.29, 1.82) is 0 Å². The standard InChI is InChI=1S/C11H19NO3/c1-12-5-2-3-10(12)8-14-7-9-4-6-15-11(9)13/h9-10H,2-8H2,1H3. The third-order valence-electron chi connectivity index (χ3n) is 3.34. The lowest BCUT2D eigenvalue weighted by atomic mass is 10.1. The van der Waals surface area contributed by atoms with Crippen molar-refractivity contribution >= 4 is 5.97 Å². The van der Waals surface area contributed by atoms with Gasteiger partial charge in [-0.2, -0.15) is 0 Å². The summed E-state index contributed by atoms with van der Waals surface area (Å²) in [7, 11) is 2.13. The Morgan fingerprint density at radius 2 is 2.33 bits per heavy atom. The quantitative estimate of drug-likeness (QED) is 0.643. The first-order valence-corrected chi connectivity index (χ1v) is 5.72. The zero-order valence-electron chi connectivity index (χ0n) is 9.28. The molecule has 2 heterocycles. The average molecular weight is 213 g/mol. The van der Waals surface area contributed by atoms with Gasteiger partial charge >= 0.3 is 5.97 Å². The predicted octanol–water partition coefficient (Wildman–Crippen LogP) is 0.660. The van der Waals surface area contributed by atoms with Crippen LogP contribution in [0.2, 0.25) is 0 Å². The van der Waals surface area contributed by atoms with Crippen molar-refractivity contribution in [2.45, 2.75) is 25.3 Å². The first kappa shape index (κ1) is 10.9. The third kappa shape index (κ3) is 2.69. The van der Waals surface area contributed by atoms with Crippen molar-refractivity contribution in [3.05, 3.63) is 0 Å². The van der Waals surface area contributed by atoms with E-state index in [1.54, 1.807) is 0 Å². The van der Waals surface area contributed by atoms with Gasteiger partial charge in [0.1, 0.15) is 0 Å². The summed E-state index contributed by atoms with van der Waals surface area (Å²) in [6.07, 6.45) is 3.29. The van der Waals surface area contributed by atoms with Gasteiger partial charge in [0, 0.05) is 6.04 Å². The van der Waals surface area contributed by atoms with Crippen LogP contribution in [0.1, 0.15) is 19.3 Å². The third-order valence-corrected chi connectivity index (χ3v) is 3.34. The SMILES string of the molecule is CN1CCCC1COCC1CCOC1=O. The van der Waals surface area contributed by atoms with Gasteiger partial charge < -0.3 is 14.4 Å². The molecule has 2 aliphatic rings. The minimum absolute atomic E-state index is 0.0169. The Morgan fingerprint density at radius 3 is 2.93 bits per heavy atom. The molecular weight excluding hydrogens is 194 g/mol. The van der Waals surface area contributed by atoms with Crippen molar-refractivity contribution in [2.24, 2.45) is 5.92 Å². The van der Waals surface area contributed by atoms with Crippen molar-refractivity contribution in [3.8, 4) is 0 Å². The summed E-state index contributed by atoms with van der Waals surface area (Å²) in [6.45, 7) is 3.01. The van der Waals surface area contributed by atoms with E-state index in [1.165, 1.54) is 19.4 Å². The number of esters is 1. The Hall–Kier alpha value is -0.610. The number of likely N-dealkylation sites (N-methyl/N-ethyl adjacent to an activating group) is 1. The molecule has 4 nitrogen and oxygen atoms in total. The summed E-state index contributed by atoms with van der Waals surface area (Å²) in [4.78, 5) is 13.5. The zero-order chi connectivity index (χ0) is 10.7. The molecule has 0 N–H and O–H groups in total. The molecule has 86 valence electrons. The van der Waals surface area contributed by atoms with E-state index in [0.717, 1.165) is 13.0 Å². The van der Waals surface area contributed by atoms with E-state index in [1.807, 2.05) is 0 Å². The highest BCUT2D eigenvalue weighted by Gasteiger charge is 2.27. The van der Waals surface area contributed by atoms with Crippen LogP contribution < -0.4 is 0 Å². The minimum Gasteiger partial charge on any atom is -0.465 e. The van der Waals surface area contributed by atoms with Crippen LogP contribution in [0.15, 0.2) is 0 Å². The van der Waals surface area contributed by atoms with E-state index in [4.69, 9.17) is 9.47 Å². The molecular formula is C11H19NO3. The summed E-state index contributed by atoms with van der Waals surface area (Å²) in [6, 6.07) is 0.544. The molecule has 2 saturated heterocycles. The van der Waals surface area contributed by atoms with Gasteiger partial charge in [0.2, 0.25) is 0 Å². The fraction of sp³-hybridized carbons (Fsp3) is 0.909. The monoisotopic (exact) mass is 213 g/mol. The van der Waals surface area contributed by atoms with Crippen LogP contribution in [0.5, 0.6) is 0 Å². The van der Waals surface area contributed by atoms with E-state index in [2.05, 4.69) is 11.9 Å². The molecule has 2 rings (SSSR count). The second kappa shape index (κ2) is 4.94. The van der Waals surface area contributed by atoms with Crippen LogP contribution in [0, 0.1) is 5.92 Å². The van der Waals surface area contributed by atoms with Gasteiger partial charge in [-0.25, -0.2) is 0 Å². The molecule has 15 heavy (non-hydrogen) atoms. The first-order valence-electron chi connectivity index (χ1n) is 5.72. The molecule has 0 aliphatic carbocycles. The Balaban J connectivity index is 1.64. The molecule has 2 atom stereocenters. The van der Waals surface area contributed by atoms with E-state index in [9.17, 15) is 4.79 Å². The fourth-order valence-corrected chi connectivity index (χ4v) is 2.23. The Kier molecular flexibility index (Phi) is 3.59. The Bertz CT molecular complexity index is 232. The fourth-order valence-electron chi connectivity index (χ4n) is 2.23. The number of likely N-dealkylation sites (tertiary alicyclic amines) is 1. The van der Waals surface area contributed by atoms with Gasteiger partial charge in [0.05, 0.1) is 25.7 Å². The summed E-state index contributed by atoms with van der Waals surface area (Å²) >= 11 is 0. The van der Waals surface area contributed by atoms with Crippen LogP contribution in [-0.4, -0.2) is 50.3 Å². The van der Waals surface area contributed by atoms with E-state index in [0.29, 0.717) is 19.3 Å². The van der Waals surface area contributed by atoms with E-state index < -0.39 is 0 Å². The maximum Gasteiger partial charge on any atom is 0.311 e.